The van der Waals surface area contributed by atoms with Crippen LogP contribution in [0.1, 0.15) is 18.4 Å². The molecule has 0 aliphatic carbocycles. The highest BCUT2D eigenvalue weighted by atomic mass is 35.5. The number of hydrogen-bond acceptors (Lipinski definition) is 6. The van der Waals surface area contributed by atoms with E-state index < -0.39 is 28.3 Å². The van der Waals surface area contributed by atoms with Crippen molar-refractivity contribution in [1.82, 2.24) is 0 Å². The zero-order chi connectivity index (χ0) is 15.3. The normalized spacial score (nSPS) is 12.8. The Morgan fingerprint density at radius 2 is 2.30 bits per heavy atom. The zero-order valence-electron chi connectivity index (χ0n) is 10.4. The van der Waals surface area contributed by atoms with E-state index in [-0.39, 0.29) is 17.2 Å². The maximum absolute atomic E-state index is 11.9. The van der Waals surface area contributed by atoms with Crippen LogP contribution in [0.3, 0.4) is 0 Å². The van der Waals surface area contributed by atoms with Crippen LogP contribution in [0.25, 0.3) is 0 Å². The van der Waals surface area contributed by atoms with E-state index in [0.717, 1.165) is 6.07 Å². The van der Waals surface area contributed by atoms with Crippen LogP contribution in [0.2, 0.25) is 5.02 Å². The zero-order valence-corrected chi connectivity index (χ0v) is 11.2. The molecule has 0 aromatic heterocycles. The smallest absolute Gasteiger partial charge is 0.321 e. The van der Waals surface area contributed by atoms with Crippen molar-refractivity contribution < 1.29 is 19.7 Å². The Morgan fingerprint density at radius 3 is 2.80 bits per heavy atom. The number of nitrogens with zero attached hydrogens (tertiary/aromatic N) is 2. The molecule has 0 radical (unpaired) electrons. The number of rotatable bonds is 5. The summed E-state index contributed by atoms with van der Waals surface area (Å²) in [5.41, 5.74) is 4.95. The summed E-state index contributed by atoms with van der Waals surface area (Å²) in [5, 5.41) is 22.6. The molecule has 0 bridgehead atoms. The summed E-state index contributed by atoms with van der Waals surface area (Å²) in [6.45, 7) is 1.62. The highest BCUT2D eigenvalue weighted by Gasteiger charge is 2.33. The largest absolute Gasteiger partial charge is 0.465 e. The van der Waals surface area contributed by atoms with Gasteiger partial charge in [-0.1, -0.05) is 16.8 Å². The average molecular weight is 302 g/mol. The summed E-state index contributed by atoms with van der Waals surface area (Å²) in [7, 11) is 0. The van der Waals surface area contributed by atoms with Crippen molar-refractivity contribution in [2.45, 2.75) is 12.8 Å². The lowest BCUT2D eigenvalue weighted by atomic mass is 9.96. The molecule has 1 unspecified atom stereocenters. The third kappa shape index (κ3) is 3.35. The third-order valence-electron chi connectivity index (χ3n) is 2.43. The fraction of sp³-hybridized carbons (Fsp3) is 0.273. The van der Waals surface area contributed by atoms with E-state index in [1.165, 1.54) is 12.1 Å². The van der Waals surface area contributed by atoms with Crippen LogP contribution in [0, 0.1) is 10.1 Å². The highest BCUT2D eigenvalue weighted by Crippen LogP contribution is 2.30. The second-order valence-corrected chi connectivity index (χ2v) is 4.11. The Morgan fingerprint density at radius 1 is 1.65 bits per heavy atom. The van der Waals surface area contributed by atoms with Crippen LogP contribution < -0.4 is 5.73 Å². The Kier molecular flexibility index (Phi) is 5.27. The highest BCUT2D eigenvalue weighted by molar-refractivity contribution is 6.30. The molecule has 0 fully saturated rings. The summed E-state index contributed by atoms with van der Waals surface area (Å²) < 4.78 is 4.78. The van der Waals surface area contributed by atoms with Crippen LogP contribution in [-0.2, 0) is 9.53 Å². The molecular weight excluding hydrogens is 290 g/mol. The molecule has 0 saturated heterocycles. The third-order valence-corrected chi connectivity index (χ3v) is 2.67. The van der Waals surface area contributed by atoms with E-state index in [4.69, 9.17) is 27.3 Å². The van der Waals surface area contributed by atoms with Crippen LogP contribution >= 0.6 is 11.6 Å². The van der Waals surface area contributed by atoms with Gasteiger partial charge in [-0.15, -0.1) is 0 Å². The number of oxime groups is 1. The van der Waals surface area contributed by atoms with E-state index in [2.05, 4.69) is 5.16 Å². The molecule has 0 aliphatic heterocycles. The number of nitrogens with two attached hydrogens (primary N) is 1. The maximum Gasteiger partial charge on any atom is 0.321 e. The van der Waals surface area contributed by atoms with Gasteiger partial charge in [-0.25, -0.2) is 0 Å². The van der Waals surface area contributed by atoms with Crippen LogP contribution in [0.15, 0.2) is 23.4 Å². The lowest BCUT2D eigenvalue weighted by molar-refractivity contribution is -0.385. The average Bonchev–Trinajstić information content (AvgIpc) is 2.40. The number of carbonyl (C=O) groups excluding carboxylic acids is 1. The van der Waals surface area contributed by atoms with Crippen molar-refractivity contribution in [3.8, 4) is 0 Å². The predicted octanol–water partition coefficient (Wildman–Crippen LogP) is 1.64. The van der Waals surface area contributed by atoms with Crippen LogP contribution in [0.5, 0.6) is 0 Å². The summed E-state index contributed by atoms with van der Waals surface area (Å²) in [5.74, 6) is -2.74. The van der Waals surface area contributed by atoms with Crippen molar-refractivity contribution >= 4 is 29.1 Å². The number of amidine groups is 1. The van der Waals surface area contributed by atoms with Gasteiger partial charge in [0.2, 0.25) is 0 Å². The Balaban J connectivity index is 3.41. The number of nitro benzene ring substituents is 1. The van der Waals surface area contributed by atoms with Crippen LogP contribution in [-0.4, -0.2) is 28.5 Å². The van der Waals surface area contributed by atoms with Crippen LogP contribution in [0.4, 0.5) is 5.69 Å². The van der Waals surface area contributed by atoms with Gasteiger partial charge in [-0.3, -0.25) is 14.9 Å². The van der Waals surface area contributed by atoms with Gasteiger partial charge in [-0.2, -0.15) is 0 Å². The van der Waals surface area contributed by atoms with E-state index in [0.29, 0.717) is 0 Å². The van der Waals surface area contributed by atoms with Crippen molar-refractivity contribution in [2.75, 3.05) is 6.61 Å². The van der Waals surface area contributed by atoms with E-state index in [1.54, 1.807) is 6.92 Å². The van der Waals surface area contributed by atoms with Gasteiger partial charge in [-0.05, 0) is 19.1 Å². The second kappa shape index (κ2) is 6.71. The summed E-state index contributed by atoms with van der Waals surface area (Å²) in [6, 6.07) is 3.70. The summed E-state index contributed by atoms with van der Waals surface area (Å²) >= 11 is 5.69. The monoisotopic (exact) mass is 301 g/mol. The molecule has 1 aromatic rings. The first-order valence-corrected chi connectivity index (χ1v) is 5.88. The number of halogens is 1. The molecule has 8 nitrogen and oxygen atoms in total. The minimum Gasteiger partial charge on any atom is -0.465 e. The fourth-order valence-corrected chi connectivity index (χ4v) is 1.78. The molecule has 0 spiro atoms. The lowest BCUT2D eigenvalue weighted by Gasteiger charge is -2.14. The van der Waals surface area contributed by atoms with Gasteiger partial charge in [0, 0.05) is 11.1 Å². The van der Waals surface area contributed by atoms with E-state index in [9.17, 15) is 14.9 Å². The SMILES string of the molecule is CCOC(=O)C(/C(N)=N\O)c1ccc(Cl)cc1[N+](=O)[O-]. The quantitative estimate of drug-likeness (QED) is 0.212. The van der Waals surface area contributed by atoms with E-state index >= 15 is 0 Å². The minimum atomic E-state index is -1.38. The molecule has 0 amide bonds. The summed E-state index contributed by atoms with van der Waals surface area (Å²) in [4.78, 5) is 22.2. The molecule has 1 atom stereocenters. The topological polar surface area (TPSA) is 128 Å². The molecule has 9 heteroatoms. The first kappa shape index (κ1) is 15.7. The molecule has 0 heterocycles. The second-order valence-electron chi connectivity index (χ2n) is 3.67. The number of hydrogen-bond donors (Lipinski definition) is 2. The molecule has 20 heavy (non-hydrogen) atoms. The molecule has 1 aromatic carbocycles. The van der Waals surface area contributed by atoms with Gasteiger partial charge in [0.15, 0.2) is 5.84 Å². The predicted molar refractivity (Wildman–Crippen MR) is 70.9 cm³/mol. The van der Waals surface area contributed by atoms with Gasteiger partial charge in [0.25, 0.3) is 5.69 Å². The molecule has 3 N–H and O–H groups in total. The molecule has 1 rings (SSSR count). The first-order chi connectivity index (χ1) is 9.42. The number of benzene rings is 1. The van der Waals surface area contributed by atoms with Crippen molar-refractivity contribution in [3.05, 3.63) is 38.9 Å². The fourth-order valence-electron chi connectivity index (χ4n) is 1.61. The molecular formula is C11H12ClN3O5. The van der Waals surface area contributed by atoms with Crippen molar-refractivity contribution in [2.24, 2.45) is 10.9 Å². The minimum absolute atomic E-state index is 0.0510. The molecule has 0 saturated carbocycles. The van der Waals surface area contributed by atoms with Crippen molar-refractivity contribution in [1.29, 1.82) is 0 Å². The lowest BCUT2D eigenvalue weighted by Crippen LogP contribution is -2.30. The standard InChI is InChI=1S/C11H12ClN3O5/c1-2-20-11(16)9(10(13)14-17)7-4-3-6(12)5-8(7)15(18)19/h3-5,9,17H,2H2,1H3,(H2,13,14). The Bertz CT molecular complexity index is 561. The van der Waals surface area contributed by atoms with Gasteiger partial charge < -0.3 is 15.7 Å². The summed E-state index contributed by atoms with van der Waals surface area (Å²) in [6.07, 6.45) is 0. The van der Waals surface area contributed by atoms with Crippen molar-refractivity contribution in [3.63, 3.8) is 0 Å². The van der Waals surface area contributed by atoms with E-state index in [1.807, 2.05) is 0 Å². The van der Waals surface area contributed by atoms with Gasteiger partial charge in [0.05, 0.1) is 17.1 Å². The maximum atomic E-state index is 11.9. The number of esters is 1. The molecule has 108 valence electrons. The first-order valence-electron chi connectivity index (χ1n) is 5.50. The molecule has 0 aliphatic rings. The van der Waals surface area contributed by atoms with Gasteiger partial charge in [0.1, 0.15) is 5.92 Å². The van der Waals surface area contributed by atoms with Gasteiger partial charge >= 0.3 is 5.97 Å². The number of carbonyl (C=O) groups is 1. The Hall–Kier alpha value is -2.35. The number of nitro groups is 1. The Labute approximate surface area is 118 Å². The number of ether oxygens (including phenoxy) is 1.